The summed E-state index contributed by atoms with van der Waals surface area (Å²) >= 11 is 0. The van der Waals surface area contributed by atoms with Gasteiger partial charge in [0.1, 0.15) is 0 Å². The third-order valence-electron chi connectivity index (χ3n) is 3.61. The van der Waals surface area contributed by atoms with E-state index in [0.717, 1.165) is 6.42 Å². The topological polar surface area (TPSA) is 58.2 Å². The van der Waals surface area contributed by atoms with Crippen molar-refractivity contribution in [3.63, 3.8) is 0 Å². The Balaban J connectivity index is 2.41. The van der Waals surface area contributed by atoms with Gasteiger partial charge in [0, 0.05) is 13.1 Å². The van der Waals surface area contributed by atoms with Crippen LogP contribution < -0.4 is 10.0 Å². The first-order valence-corrected chi connectivity index (χ1v) is 7.65. The van der Waals surface area contributed by atoms with Gasteiger partial charge in [0.05, 0.1) is 5.25 Å². The average molecular weight is 248 g/mol. The van der Waals surface area contributed by atoms with Gasteiger partial charge in [0.2, 0.25) is 10.0 Å². The summed E-state index contributed by atoms with van der Waals surface area (Å²) < 4.78 is 26.4. The predicted molar refractivity (Wildman–Crippen MR) is 66.8 cm³/mol. The quantitative estimate of drug-likeness (QED) is 0.736. The van der Waals surface area contributed by atoms with Crippen LogP contribution in [0.25, 0.3) is 0 Å². The van der Waals surface area contributed by atoms with Crippen LogP contribution in [0, 0.1) is 11.8 Å². The zero-order chi connectivity index (χ0) is 12.2. The predicted octanol–water partition coefficient (Wildman–Crippen LogP) is 0.950. The van der Waals surface area contributed by atoms with Crippen LogP contribution in [0.5, 0.6) is 0 Å². The molecule has 2 N–H and O–H groups in total. The van der Waals surface area contributed by atoms with Gasteiger partial charge in [-0.1, -0.05) is 19.8 Å². The Kier molecular flexibility index (Phi) is 5.21. The molecule has 0 saturated heterocycles. The first-order valence-electron chi connectivity index (χ1n) is 6.10. The van der Waals surface area contributed by atoms with Crippen molar-refractivity contribution in [3.05, 3.63) is 0 Å². The van der Waals surface area contributed by atoms with Gasteiger partial charge in [0.15, 0.2) is 0 Å². The van der Waals surface area contributed by atoms with Crippen molar-refractivity contribution >= 4 is 10.0 Å². The molecule has 1 aliphatic rings. The second-order valence-electron chi connectivity index (χ2n) is 4.93. The fourth-order valence-corrected chi connectivity index (χ4v) is 3.41. The lowest BCUT2D eigenvalue weighted by molar-refractivity contribution is 0.413. The highest BCUT2D eigenvalue weighted by Crippen LogP contribution is 2.30. The summed E-state index contributed by atoms with van der Waals surface area (Å²) in [5, 5.41) is 2.52. The molecule has 0 spiro atoms. The number of rotatable bonds is 6. The Morgan fingerprint density at radius 2 is 2.06 bits per heavy atom. The summed E-state index contributed by atoms with van der Waals surface area (Å²) in [6.07, 6.45) is 3.63. The van der Waals surface area contributed by atoms with E-state index in [1.807, 2.05) is 0 Å². The molecule has 3 unspecified atom stereocenters. The molecule has 0 bridgehead atoms. The molecule has 0 aromatic carbocycles. The molecule has 1 fully saturated rings. The van der Waals surface area contributed by atoms with E-state index in [0.29, 0.717) is 24.9 Å². The molecular formula is C11H24N2O2S. The zero-order valence-corrected chi connectivity index (χ0v) is 11.3. The molecule has 0 aromatic heterocycles. The molecule has 0 aromatic rings. The van der Waals surface area contributed by atoms with E-state index in [-0.39, 0.29) is 5.25 Å². The highest BCUT2D eigenvalue weighted by Gasteiger charge is 2.26. The lowest BCUT2D eigenvalue weighted by Gasteiger charge is -2.18. The Labute approximate surface area is 99.2 Å². The van der Waals surface area contributed by atoms with E-state index >= 15 is 0 Å². The van der Waals surface area contributed by atoms with Gasteiger partial charge in [-0.2, -0.15) is 0 Å². The zero-order valence-electron chi connectivity index (χ0n) is 10.5. The largest absolute Gasteiger partial charge is 0.318 e. The SMILES string of the molecule is CNCC(C)S(=O)(=O)NCC1CCCC1C. The molecule has 5 heteroatoms. The highest BCUT2D eigenvalue weighted by atomic mass is 32.2. The van der Waals surface area contributed by atoms with E-state index in [9.17, 15) is 8.42 Å². The first-order chi connectivity index (χ1) is 7.47. The summed E-state index contributed by atoms with van der Waals surface area (Å²) in [6.45, 7) is 5.05. The van der Waals surface area contributed by atoms with E-state index in [2.05, 4.69) is 17.0 Å². The second kappa shape index (κ2) is 5.98. The van der Waals surface area contributed by atoms with Gasteiger partial charge >= 0.3 is 0 Å². The number of hydrogen-bond acceptors (Lipinski definition) is 3. The van der Waals surface area contributed by atoms with Gasteiger partial charge in [-0.25, -0.2) is 13.1 Å². The van der Waals surface area contributed by atoms with E-state index < -0.39 is 10.0 Å². The molecule has 1 saturated carbocycles. The molecule has 3 atom stereocenters. The molecule has 4 nitrogen and oxygen atoms in total. The second-order valence-corrected chi connectivity index (χ2v) is 7.11. The summed E-state index contributed by atoms with van der Waals surface area (Å²) in [7, 11) is -1.38. The van der Waals surface area contributed by atoms with Crippen molar-refractivity contribution in [2.75, 3.05) is 20.1 Å². The maximum absolute atomic E-state index is 11.8. The lowest BCUT2D eigenvalue weighted by Crippen LogP contribution is -2.40. The Hall–Kier alpha value is -0.130. The maximum atomic E-state index is 11.8. The van der Waals surface area contributed by atoms with Crippen LogP contribution in [0.4, 0.5) is 0 Å². The number of nitrogens with one attached hydrogen (secondary N) is 2. The van der Waals surface area contributed by atoms with Crippen LogP contribution in [0.2, 0.25) is 0 Å². The smallest absolute Gasteiger partial charge is 0.215 e. The molecule has 0 heterocycles. The third kappa shape index (κ3) is 3.71. The highest BCUT2D eigenvalue weighted by molar-refractivity contribution is 7.90. The average Bonchev–Trinajstić information content (AvgIpc) is 2.61. The van der Waals surface area contributed by atoms with E-state index in [1.165, 1.54) is 12.8 Å². The molecule has 0 aliphatic heterocycles. The first kappa shape index (κ1) is 13.9. The van der Waals surface area contributed by atoms with E-state index in [4.69, 9.17) is 0 Å². The van der Waals surface area contributed by atoms with E-state index in [1.54, 1.807) is 14.0 Å². The van der Waals surface area contributed by atoms with Crippen molar-refractivity contribution in [1.82, 2.24) is 10.0 Å². The van der Waals surface area contributed by atoms with Gasteiger partial charge in [-0.05, 0) is 32.2 Å². The van der Waals surface area contributed by atoms with Crippen LogP contribution in [0.1, 0.15) is 33.1 Å². The van der Waals surface area contributed by atoms with Gasteiger partial charge in [-0.3, -0.25) is 0 Å². The molecular weight excluding hydrogens is 224 g/mol. The summed E-state index contributed by atoms with van der Waals surface area (Å²) in [4.78, 5) is 0. The minimum Gasteiger partial charge on any atom is -0.318 e. The lowest BCUT2D eigenvalue weighted by atomic mass is 9.99. The molecule has 0 radical (unpaired) electrons. The normalized spacial score (nSPS) is 28.2. The summed E-state index contributed by atoms with van der Waals surface area (Å²) in [5.74, 6) is 1.18. The van der Waals surface area contributed by atoms with Crippen LogP contribution in [-0.2, 0) is 10.0 Å². The Morgan fingerprint density at radius 3 is 2.56 bits per heavy atom. The standard InChI is InChI=1S/C11H24N2O2S/c1-9-5-4-6-11(9)8-13-16(14,15)10(2)7-12-3/h9-13H,4-8H2,1-3H3. The van der Waals surface area contributed by atoms with Crippen molar-refractivity contribution in [2.45, 2.75) is 38.4 Å². The van der Waals surface area contributed by atoms with Crippen LogP contribution in [-0.4, -0.2) is 33.8 Å². The molecule has 16 heavy (non-hydrogen) atoms. The van der Waals surface area contributed by atoms with Crippen molar-refractivity contribution < 1.29 is 8.42 Å². The van der Waals surface area contributed by atoms with Crippen LogP contribution >= 0.6 is 0 Å². The van der Waals surface area contributed by atoms with Crippen molar-refractivity contribution in [1.29, 1.82) is 0 Å². The third-order valence-corrected chi connectivity index (χ3v) is 5.40. The molecule has 0 amide bonds. The fraction of sp³-hybridized carbons (Fsp3) is 1.00. The maximum Gasteiger partial charge on any atom is 0.215 e. The minimum absolute atomic E-state index is 0.366. The number of sulfonamides is 1. The van der Waals surface area contributed by atoms with Gasteiger partial charge < -0.3 is 5.32 Å². The van der Waals surface area contributed by atoms with Crippen molar-refractivity contribution in [2.24, 2.45) is 11.8 Å². The number of hydrogen-bond donors (Lipinski definition) is 2. The monoisotopic (exact) mass is 248 g/mol. The van der Waals surface area contributed by atoms with Crippen molar-refractivity contribution in [3.8, 4) is 0 Å². The molecule has 1 aliphatic carbocycles. The van der Waals surface area contributed by atoms with Gasteiger partial charge in [0.25, 0.3) is 0 Å². The van der Waals surface area contributed by atoms with Crippen LogP contribution in [0.3, 0.4) is 0 Å². The molecule has 96 valence electrons. The minimum atomic E-state index is -3.15. The fourth-order valence-electron chi connectivity index (χ4n) is 2.29. The Morgan fingerprint density at radius 1 is 1.38 bits per heavy atom. The summed E-state index contributed by atoms with van der Waals surface area (Å²) in [5.41, 5.74) is 0. The van der Waals surface area contributed by atoms with Gasteiger partial charge in [-0.15, -0.1) is 0 Å². The Bertz CT molecular complexity index is 303. The molecule has 1 rings (SSSR count). The van der Waals surface area contributed by atoms with Crippen LogP contribution in [0.15, 0.2) is 0 Å². The summed E-state index contributed by atoms with van der Waals surface area (Å²) in [6, 6.07) is 0.